The van der Waals surface area contributed by atoms with Crippen LogP contribution in [0.4, 0.5) is 5.69 Å². The molecule has 1 aromatic carbocycles. The number of anilines is 1. The number of nitrogens with one attached hydrogen (secondary N) is 1. The Balaban J connectivity index is 1.71. The van der Waals surface area contributed by atoms with Crippen molar-refractivity contribution in [3.63, 3.8) is 0 Å². The Morgan fingerprint density at radius 1 is 1.21 bits per heavy atom. The molecule has 124 valence electrons. The van der Waals surface area contributed by atoms with Crippen LogP contribution in [0.5, 0.6) is 0 Å². The highest BCUT2D eigenvalue weighted by Gasteiger charge is 2.11. The molecule has 0 saturated heterocycles. The molecule has 3 rings (SSSR count). The molecule has 1 N–H and O–H groups in total. The third-order valence-corrected chi connectivity index (χ3v) is 3.88. The van der Waals surface area contributed by atoms with Crippen molar-refractivity contribution in [2.45, 2.75) is 33.7 Å². The molecule has 2 heterocycles. The zero-order chi connectivity index (χ0) is 17.1. The molecule has 0 fully saturated rings. The smallest absolute Gasteiger partial charge is 0.277 e. The van der Waals surface area contributed by atoms with Gasteiger partial charge in [-0.25, -0.2) is 4.98 Å². The van der Waals surface area contributed by atoms with Crippen molar-refractivity contribution in [1.29, 1.82) is 0 Å². The average molecular weight is 324 g/mol. The molecule has 0 atom stereocenters. The van der Waals surface area contributed by atoms with Crippen LogP contribution in [0.3, 0.4) is 0 Å². The van der Waals surface area contributed by atoms with Crippen molar-refractivity contribution in [3.05, 3.63) is 53.9 Å². The lowest BCUT2D eigenvalue weighted by atomic mass is 10.2. The normalized spacial score (nSPS) is 10.8. The summed E-state index contributed by atoms with van der Waals surface area (Å²) in [4.78, 5) is 16.5. The van der Waals surface area contributed by atoms with E-state index in [1.807, 2.05) is 49.6 Å². The fraction of sp³-hybridized carbons (Fsp3) is 0.294. The standard InChI is InChI=1S/C17H20N6O/c1-4-9-22-10-16(20-21-22)17(24)19-14-5-7-15(8-6-14)23-11-18-12(2)13(23)3/h5-8,10-11H,4,9H2,1-3H3,(H,19,24). The molecule has 0 unspecified atom stereocenters. The second-order valence-corrected chi connectivity index (χ2v) is 5.65. The zero-order valence-electron chi connectivity index (χ0n) is 14.0. The van der Waals surface area contributed by atoms with Crippen LogP contribution >= 0.6 is 0 Å². The molecule has 0 aliphatic heterocycles. The van der Waals surface area contributed by atoms with E-state index in [0.717, 1.165) is 30.0 Å². The number of aromatic nitrogens is 5. The number of carbonyl (C=O) groups excluding carboxylic acids is 1. The van der Waals surface area contributed by atoms with Crippen molar-refractivity contribution in [3.8, 4) is 5.69 Å². The average Bonchev–Trinajstić information content (AvgIpc) is 3.17. The number of amides is 1. The van der Waals surface area contributed by atoms with Crippen molar-refractivity contribution < 1.29 is 4.79 Å². The van der Waals surface area contributed by atoms with E-state index in [9.17, 15) is 4.79 Å². The zero-order valence-corrected chi connectivity index (χ0v) is 14.0. The largest absolute Gasteiger partial charge is 0.321 e. The minimum atomic E-state index is -0.264. The van der Waals surface area contributed by atoms with E-state index in [2.05, 4.69) is 20.6 Å². The highest BCUT2D eigenvalue weighted by molar-refractivity contribution is 6.02. The van der Waals surface area contributed by atoms with Gasteiger partial charge in [-0.1, -0.05) is 12.1 Å². The van der Waals surface area contributed by atoms with E-state index >= 15 is 0 Å². The van der Waals surface area contributed by atoms with Gasteiger partial charge in [-0.2, -0.15) is 0 Å². The van der Waals surface area contributed by atoms with Gasteiger partial charge < -0.3 is 9.88 Å². The predicted molar refractivity (Wildman–Crippen MR) is 91.3 cm³/mol. The molecular formula is C17H20N6O. The maximum absolute atomic E-state index is 12.2. The van der Waals surface area contributed by atoms with E-state index < -0.39 is 0 Å². The van der Waals surface area contributed by atoms with E-state index in [4.69, 9.17) is 0 Å². The molecule has 0 bridgehead atoms. The van der Waals surface area contributed by atoms with Crippen molar-refractivity contribution in [2.75, 3.05) is 5.32 Å². The SMILES string of the molecule is CCCn1cc(C(=O)Nc2ccc(-n3cnc(C)c3C)cc2)nn1. The molecule has 7 heteroatoms. The number of rotatable bonds is 5. The number of hydrogen-bond donors (Lipinski definition) is 1. The lowest BCUT2D eigenvalue weighted by molar-refractivity contribution is 0.102. The van der Waals surface area contributed by atoms with Crippen molar-refractivity contribution in [1.82, 2.24) is 24.5 Å². The summed E-state index contributed by atoms with van der Waals surface area (Å²) < 4.78 is 3.68. The van der Waals surface area contributed by atoms with Gasteiger partial charge in [0, 0.05) is 23.6 Å². The van der Waals surface area contributed by atoms with Crippen LogP contribution in [0.1, 0.15) is 35.2 Å². The predicted octanol–water partition coefficient (Wildman–Crippen LogP) is 2.74. The van der Waals surface area contributed by atoms with Gasteiger partial charge in [-0.05, 0) is 44.5 Å². The first-order chi connectivity index (χ1) is 11.6. The number of aryl methyl sites for hydroxylation is 2. The molecule has 0 saturated carbocycles. The van der Waals surface area contributed by atoms with Gasteiger partial charge in [0.2, 0.25) is 0 Å². The van der Waals surface area contributed by atoms with E-state index in [1.165, 1.54) is 0 Å². The summed E-state index contributed by atoms with van der Waals surface area (Å²) >= 11 is 0. The van der Waals surface area contributed by atoms with Gasteiger partial charge in [0.1, 0.15) is 0 Å². The Hall–Kier alpha value is -2.96. The summed E-state index contributed by atoms with van der Waals surface area (Å²) in [5.41, 5.74) is 4.12. The van der Waals surface area contributed by atoms with Crippen LogP contribution in [0.25, 0.3) is 5.69 Å². The molecular weight excluding hydrogens is 304 g/mol. The van der Waals surface area contributed by atoms with Gasteiger partial charge >= 0.3 is 0 Å². The van der Waals surface area contributed by atoms with Crippen molar-refractivity contribution in [2.24, 2.45) is 0 Å². The second-order valence-electron chi connectivity index (χ2n) is 5.65. The molecule has 3 aromatic rings. The Kier molecular flexibility index (Phi) is 4.41. The van der Waals surface area contributed by atoms with Gasteiger partial charge in [0.25, 0.3) is 5.91 Å². The Bertz CT molecular complexity index is 846. The topological polar surface area (TPSA) is 77.6 Å². The number of nitrogens with zero attached hydrogens (tertiary/aromatic N) is 5. The van der Waals surface area contributed by atoms with E-state index in [1.54, 1.807) is 17.2 Å². The highest BCUT2D eigenvalue weighted by atomic mass is 16.2. The number of benzene rings is 1. The van der Waals surface area contributed by atoms with Crippen LogP contribution in [0, 0.1) is 13.8 Å². The fourth-order valence-corrected chi connectivity index (χ4v) is 2.40. The Labute approximate surface area is 140 Å². The van der Waals surface area contributed by atoms with Gasteiger partial charge in [-0.15, -0.1) is 5.10 Å². The summed E-state index contributed by atoms with van der Waals surface area (Å²) in [5.74, 6) is -0.264. The quantitative estimate of drug-likeness (QED) is 0.783. The number of carbonyl (C=O) groups is 1. The highest BCUT2D eigenvalue weighted by Crippen LogP contribution is 2.17. The summed E-state index contributed by atoms with van der Waals surface area (Å²) in [6.07, 6.45) is 4.40. The minimum absolute atomic E-state index is 0.264. The molecule has 0 radical (unpaired) electrons. The maximum Gasteiger partial charge on any atom is 0.277 e. The number of imidazole rings is 1. The van der Waals surface area contributed by atoms with Crippen LogP contribution < -0.4 is 5.32 Å². The Morgan fingerprint density at radius 3 is 2.58 bits per heavy atom. The summed E-state index contributed by atoms with van der Waals surface area (Å²) in [7, 11) is 0. The second kappa shape index (κ2) is 6.66. The van der Waals surface area contributed by atoms with Gasteiger partial charge in [0.15, 0.2) is 5.69 Å². The third kappa shape index (κ3) is 3.19. The summed E-state index contributed by atoms with van der Waals surface area (Å²) in [6, 6.07) is 7.60. The lowest BCUT2D eigenvalue weighted by Crippen LogP contribution is -2.12. The molecule has 0 aliphatic rings. The van der Waals surface area contributed by atoms with E-state index in [0.29, 0.717) is 11.4 Å². The Morgan fingerprint density at radius 2 is 1.96 bits per heavy atom. The van der Waals surface area contributed by atoms with Crippen molar-refractivity contribution >= 4 is 11.6 Å². The van der Waals surface area contributed by atoms with Crippen LogP contribution in [0.15, 0.2) is 36.8 Å². The summed E-state index contributed by atoms with van der Waals surface area (Å²) in [6.45, 7) is 6.80. The monoisotopic (exact) mass is 324 g/mol. The molecule has 0 aliphatic carbocycles. The van der Waals surface area contributed by atoms with Crippen LogP contribution in [-0.4, -0.2) is 30.5 Å². The lowest BCUT2D eigenvalue weighted by Gasteiger charge is -2.07. The van der Waals surface area contributed by atoms with Gasteiger partial charge in [-0.3, -0.25) is 9.48 Å². The summed E-state index contributed by atoms with van der Waals surface area (Å²) in [5, 5.41) is 10.7. The molecule has 24 heavy (non-hydrogen) atoms. The fourth-order valence-electron chi connectivity index (χ4n) is 2.40. The third-order valence-electron chi connectivity index (χ3n) is 3.88. The molecule has 2 aromatic heterocycles. The first kappa shape index (κ1) is 15.9. The van der Waals surface area contributed by atoms with E-state index in [-0.39, 0.29) is 5.91 Å². The van der Waals surface area contributed by atoms with Gasteiger partial charge in [0.05, 0.1) is 18.2 Å². The van der Waals surface area contributed by atoms with Crippen LogP contribution in [0.2, 0.25) is 0 Å². The molecule has 0 spiro atoms. The number of hydrogen-bond acceptors (Lipinski definition) is 4. The maximum atomic E-state index is 12.2. The van der Waals surface area contributed by atoms with Crippen LogP contribution in [-0.2, 0) is 6.54 Å². The minimum Gasteiger partial charge on any atom is -0.321 e. The molecule has 1 amide bonds. The first-order valence-corrected chi connectivity index (χ1v) is 7.91. The molecule has 7 nitrogen and oxygen atoms in total. The first-order valence-electron chi connectivity index (χ1n) is 7.91.